The van der Waals surface area contributed by atoms with Gasteiger partial charge in [0.15, 0.2) is 0 Å². The average Bonchev–Trinajstić information content (AvgIpc) is 2.96. The number of nitrogens with zero attached hydrogens (tertiary/aromatic N) is 3. The van der Waals surface area contributed by atoms with Gasteiger partial charge in [-0.1, -0.05) is 49.5 Å². The topological polar surface area (TPSA) is 39.9 Å². The lowest BCUT2D eigenvalue weighted by molar-refractivity contribution is 0.0665. The molecule has 5 heteroatoms. The van der Waals surface area contributed by atoms with E-state index in [9.17, 15) is 0 Å². The molecule has 0 spiro atoms. The van der Waals surface area contributed by atoms with Gasteiger partial charge in [-0.05, 0) is 19.9 Å². The third-order valence-corrected chi connectivity index (χ3v) is 6.08. The normalized spacial score (nSPS) is 13.4. The van der Waals surface area contributed by atoms with Gasteiger partial charge in [0.2, 0.25) is 0 Å². The van der Waals surface area contributed by atoms with E-state index >= 15 is 0 Å². The number of benzene rings is 1. The van der Waals surface area contributed by atoms with E-state index in [1.165, 1.54) is 5.56 Å². The molecule has 0 N–H and O–H groups in total. The summed E-state index contributed by atoms with van der Waals surface area (Å²) in [7, 11) is -1.55. The van der Waals surface area contributed by atoms with Gasteiger partial charge in [-0.2, -0.15) is 0 Å². The Balaban J connectivity index is 2.14. The molecule has 0 saturated heterocycles. The number of ether oxygens (including phenoxy) is 1. The van der Waals surface area contributed by atoms with Crippen LogP contribution in [0.3, 0.4) is 0 Å². The number of aryl methyl sites for hydroxylation is 1. The van der Waals surface area contributed by atoms with Crippen LogP contribution in [0.15, 0.2) is 42.9 Å². The maximum Gasteiger partial charge on any atom is 0.145 e. The van der Waals surface area contributed by atoms with Crippen molar-refractivity contribution in [2.45, 2.75) is 39.3 Å². The fourth-order valence-corrected chi connectivity index (χ4v) is 4.72. The Labute approximate surface area is 144 Å². The van der Waals surface area contributed by atoms with Crippen LogP contribution in [-0.4, -0.2) is 29.2 Å². The van der Waals surface area contributed by atoms with Gasteiger partial charge in [-0.15, -0.1) is 0 Å². The van der Waals surface area contributed by atoms with Crippen LogP contribution in [0, 0.1) is 6.92 Å². The molecule has 126 valence electrons. The Hall–Kier alpha value is -1.98. The third-order valence-electron chi connectivity index (χ3n) is 4.15. The summed E-state index contributed by atoms with van der Waals surface area (Å²) in [5, 5.41) is 1.07. The zero-order chi connectivity index (χ0) is 17.3. The quantitative estimate of drug-likeness (QED) is 0.626. The predicted molar refractivity (Wildman–Crippen MR) is 102 cm³/mol. The summed E-state index contributed by atoms with van der Waals surface area (Å²) in [6.45, 7) is 11.8. The molecule has 0 amide bonds. The van der Waals surface area contributed by atoms with Crippen molar-refractivity contribution in [2.75, 3.05) is 6.61 Å². The Morgan fingerprint density at radius 2 is 1.79 bits per heavy atom. The van der Waals surface area contributed by atoms with Gasteiger partial charge < -0.3 is 9.30 Å². The van der Waals surface area contributed by atoms with Gasteiger partial charge in [0.25, 0.3) is 0 Å². The van der Waals surface area contributed by atoms with Crippen LogP contribution < -0.4 is 0 Å². The Bertz CT molecular complexity index is 834. The van der Waals surface area contributed by atoms with Crippen molar-refractivity contribution in [2.24, 2.45) is 0 Å². The van der Waals surface area contributed by atoms with Crippen molar-refractivity contribution < 1.29 is 4.74 Å². The Morgan fingerprint density at radius 1 is 1.08 bits per heavy atom. The number of rotatable bonds is 5. The molecular formula is C19H25N3OSi. The molecule has 0 bridgehead atoms. The highest BCUT2D eigenvalue weighted by atomic mass is 28.3. The molecule has 0 aliphatic rings. The number of hydrogen-bond donors (Lipinski definition) is 0. The number of fused-ring (bicyclic) bond motifs is 1. The summed E-state index contributed by atoms with van der Waals surface area (Å²) in [5.74, 6) is 0.0702. The molecule has 3 rings (SSSR count). The van der Waals surface area contributed by atoms with Crippen LogP contribution in [0.1, 0.15) is 18.3 Å². The van der Waals surface area contributed by atoms with E-state index in [2.05, 4.69) is 77.6 Å². The predicted octanol–water partition coefficient (Wildman–Crippen LogP) is 4.82. The summed E-state index contributed by atoms with van der Waals surface area (Å²) in [5.41, 5.74) is 4.29. The van der Waals surface area contributed by atoms with Gasteiger partial charge in [0.05, 0.1) is 5.69 Å². The summed E-state index contributed by atoms with van der Waals surface area (Å²) in [4.78, 5) is 9.09. The smallest absolute Gasteiger partial charge is 0.145 e. The van der Waals surface area contributed by atoms with E-state index in [1.54, 1.807) is 6.33 Å². The zero-order valence-corrected chi connectivity index (χ0v) is 16.1. The minimum Gasteiger partial charge on any atom is -0.362 e. The SMILES string of the molecule is CCOC(n1ccc2c(-c3ccc(C)cc3)ncnc21)[Si](C)(C)C. The summed E-state index contributed by atoms with van der Waals surface area (Å²) in [6, 6.07) is 10.6. The third kappa shape index (κ3) is 3.14. The molecular weight excluding hydrogens is 314 g/mol. The number of hydrogen-bond acceptors (Lipinski definition) is 3. The first kappa shape index (κ1) is 16.9. The molecule has 0 saturated carbocycles. The molecule has 1 aromatic carbocycles. The molecule has 1 unspecified atom stereocenters. The minimum atomic E-state index is -1.55. The van der Waals surface area contributed by atoms with E-state index in [0.717, 1.165) is 22.3 Å². The van der Waals surface area contributed by atoms with Crippen LogP contribution in [0.4, 0.5) is 0 Å². The fraction of sp³-hybridized carbons (Fsp3) is 0.368. The highest BCUT2D eigenvalue weighted by Crippen LogP contribution is 2.31. The lowest BCUT2D eigenvalue weighted by Crippen LogP contribution is -2.37. The lowest BCUT2D eigenvalue weighted by Gasteiger charge is -2.30. The van der Waals surface area contributed by atoms with Gasteiger partial charge in [-0.25, -0.2) is 9.97 Å². The fourth-order valence-electron chi connectivity index (χ4n) is 3.01. The molecule has 0 fully saturated rings. The van der Waals surface area contributed by atoms with Crippen LogP contribution in [0.2, 0.25) is 19.6 Å². The highest BCUT2D eigenvalue weighted by Gasteiger charge is 2.30. The maximum absolute atomic E-state index is 6.08. The van der Waals surface area contributed by atoms with Crippen LogP contribution >= 0.6 is 0 Å². The molecule has 2 heterocycles. The van der Waals surface area contributed by atoms with Gasteiger partial charge in [0.1, 0.15) is 25.9 Å². The average molecular weight is 340 g/mol. The van der Waals surface area contributed by atoms with Crippen molar-refractivity contribution in [3.63, 3.8) is 0 Å². The van der Waals surface area contributed by atoms with Gasteiger partial charge in [0, 0.05) is 23.8 Å². The first-order chi connectivity index (χ1) is 11.4. The molecule has 3 aromatic rings. The Kier molecular flexibility index (Phi) is 4.56. The minimum absolute atomic E-state index is 0.0702. The van der Waals surface area contributed by atoms with Crippen molar-refractivity contribution in [1.29, 1.82) is 0 Å². The van der Waals surface area contributed by atoms with Gasteiger partial charge in [-0.3, -0.25) is 0 Å². The maximum atomic E-state index is 6.08. The van der Waals surface area contributed by atoms with E-state index in [-0.39, 0.29) is 5.85 Å². The van der Waals surface area contributed by atoms with Crippen LogP contribution in [0.25, 0.3) is 22.3 Å². The number of aromatic nitrogens is 3. The monoisotopic (exact) mass is 339 g/mol. The first-order valence-corrected chi connectivity index (χ1v) is 12.0. The molecule has 0 aliphatic heterocycles. The van der Waals surface area contributed by atoms with Crippen molar-refractivity contribution in [3.05, 3.63) is 48.4 Å². The lowest BCUT2D eigenvalue weighted by atomic mass is 10.1. The van der Waals surface area contributed by atoms with Gasteiger partial charge >= 0.3 is 0 Å². The Morgan fingerprint density at radius 3 is 2.42 bits per heavy atom. The summed E-state index contributed by atoms with van der Waals surface area (Å²) < 4.78 is 8.27. The van der Waals surface area contributed by atoms with Crippen molar-refractivity contribution in [1.82, 2.24) is 14.5 Å². The second kappa shape index (κ2) is 6.49. The van der Waals surface area contributed by atoms with E-state index in [1.807, 2.05) is 6.92 Å². The van der Waals surface area contributed by atoms with E-state index in [4.69, 9.17) is 4.74 Å². The highest BCUT2D eigenvalue weighted by molar-refractivity contribution is 6.76. The van der Waals surface area contributed by atoms with Crippen LogP contribution in [0.5, 0.6) is 0 Å². The molecule has 0 radical (unpaired) electrons. The second-order valence-corrected chi connectivity index (χ2v) is 12.4. The molecule has 4 nitrogen and oxygen atoms in total. The molecule has 0 aliphatic carbocycles. The van der Waals surface area contributed by atoms with Crippen molar-refractivity contribution >= 4 is 19.1 Å². The van der Waals surface area contributed by atoms with Crippen molar-refractivity contribution in [3.8, 4) is 11.3 Å². The summed E-state index contributed by atoms with van der Waals surface area (Å²) >= 11 is 0. The standard InChI is InChI=1S/C19H25N3OSi/c1-6-23-19(24(3,4)5)22-12-11-16-17(20-13-21-18(16)22)15-9-7-14(2)8-10-15/h7-13,19H,6H2,1-5H3. The second-order valence-electron chi connectivity index (χ2n) is 7.22. The van der Waals surface area contributed by atoms with E-state index < -0.39 is 8.07 Å². The molecule has 1 atom stereocenters. The summed E-state index contributed by atoms with van der Waals surface area (Å²) in [6.07, 6.45) is 3.75. The van der Waals surface area contributed by atoms with E-state index in [0.29, 0.717) is 6.61 Å². The molecule has 24 heavy (non-hydrogen) atoms. The zero-order valence-electron chi connectivity index (χ0n) is 15.1. The van der Waals surface area contributed by atoms with Crippen LogP contribution in [-0.2, 0) is 4.74 Å². The largest absolute Gasteiger partial charge is 0.362 e. The molecule has 2 aromatic heterocycles. The first-order valence-electron chi connectivity index (χ1n) is 8.42.